The van der Waals surface area contributed by atoms with Crippen molar-refractivity contribution in [3.63, 3.8) is 0 Å². The fourth-order valence-electron chi connectivity index (χ4n) is 3.05. The summed E-state index contributed by atoms with van der Waals surface area (Å²) in [5, 5.41) is 3.45. The number of furan rings is 1. The summed E-state index contributed by atoms with van der Waals surface area (Å²) in [6.45, 7) is 0. The molecule has 1 aromatic heterocycles. The van der Waals surface area contributed by atoms with E-state index in [0.29, 0.717) is 10.6 Å². The Bertz CT molecular complexity index is 1170. The minimum atomic E-state index is -0.437. The third-order valence-corrected chi connectivity index (χ3v) is 4.53. The van der Waals surface area contributed by atoms with Gasteiger partial charge in [-0.3, -0.25) is 20.4 Å². The fraction of sp³-hybridized carbons (Fsp3) is 0.0476. The van der Waals surface area contributed by atoms with Crippen LogP contribution in [0.4, 0.5) is 0 Å². The molecule has 4 aromatic rings. The number of carbonyl (C=O) groups excluding carboxylic acids is 2. The molecular weight excluding hydrogens is 364 g/mol. The maximum absolute atomic E-state index is 12.3. The quantitative estimate of drug-likeness (QED) is 0.524. The molecule has 0 atom stereocenters. The molecule has 0 aliphatic heterocycles. The number of carbonyl (C=O) groups is 2. The lowest BCUT2D eigenvalue weighted by Crippen LogP contribution is -2.42. The lowest BCUT2D eigenvalue weighted by atomic mass is 10.0. The normalized spacial score (nSPS) is 10.9. The summed E-state index contributed by atoms with van der Waals surface area (Å²) >= 11 is 5.87. The average Bonchev–Trinajstić information content (AvgIpc) is 3.09. The lowest BCUT2D eigenvalue weighted by molar-refractivity contribution is -0.121. The van der Waals surface area contributed by atoms with Crippen molar-refractivity contribution < 1.29 is 14.0 Å². The van der Waals surface area contributed by atoms with Gasteiger partial charge in [-0.25, -0.2) is 0 Å². The first-order valence-electron chi connectivity index (χ1n) is 8.34. The first-order chi connectivity index (χ1) is 13.1. The SMILES string of the molecule is O=C(Cc1coc2ccc3ccccc3c12)NNC(=O)c1cccc(Cl)c1. The van der Waals surface area contributed by atoms with Crippen molar-refractivity contribution in [3.05, 3.63) is 83.1 Å². The van der Waals surface area contributed by atoms with Crippen molar-refractivity contribution >= 4 is 45.2 Å². The van der Waals surface area contributed by atoms with Gasteiger partial charge in [0, 0.05) is 21.5 Å². The molecule has 6 heteroatoms. The molecule has 0 spiro atoms. The molecule has 4 rings (SSSR count). The summed E-state index contributed by atoms with van der Waals surface area (Å²) in [6, 6.07) is 18.3. The van der Waals surface area contributed by atoms with Crippen LogP contribution in [0.1, 0.15) is 15.9 Å². The maximum Gasteiger partial charge on any atom is 0.269 e. The molecule has 0 fully saturated rings. The second-order valence-corrected chi connectivity index (χ2v) is 6.55. The van der Waals surface area contributed by atoms with E-state index in [-0.39, 0.29) is 12.3 Å². The van der Waals surface area contributed by atoms with Gasteiger partial charge >= 0.3 is 0 Å². The number of hydrogen-bond acceptors (Lipinski definition) is 3. The zero-order valence-electron chi connectivity index (χ0n) is 14.2. The maximum atomic E-state index is 12.3. The van der Waals surface area contributed by atoms with Gasteiger partial charge in [-0.15, -0.1) is 0 Å². The highest BCUT2D eigenvalue weighted by atomic mass is 35.5. The summed E-state index contributed by atoms with van der Waals surface area (Å²) in [4.78, 5) is 24.4. The number of benzene rings is 3. The summed E-state index contributed by atoms with van der Waals surface area (Å²) in [5.74, 6) is -0.783. The zero-order valence-corrected chi connectivity index (χ0v) is 14.9. The van der Waals surface area contributed by atoms with Crippen LogP contribution < -0.4 is 10.9 Å². The fourth-order valence-corrected chi connectivity index (χ4v) is 3.24. The first kappa shape index (κ1) is 17.1. The molecule has 0 aliphatic rings. The Balaban J connectivity index is 1.50. The topological polar surface area (TPSA) is 71.3 Å². The van der Waals surface area contributed by atoms with Crippen molar-refractivity contribution in [3.8, 4) is 0 Å². The van der Waals surface area contributed by atoms with E-state index in [0.717, 1.165) is 27.3 Å². The molecule has 134 valence electrons. The lowest BCUT2D eigenvalue weighted by Gasteiger charge is -2.07. The second-order valence-electron chi connectivity index (χ2n) is 6.11. The van der Waals surface area contributed by atoms with Crippen LogP contribution >= 0.6 is 11.6 Å². The van der Waals surface area contributed by atoms with Gasteiger partial charge in [0.25, 0.3) is 5.91 Å². The molecule has 2 amide bonds. The van der Waals surface area contributed by atoms with Crippen molar-refractivity contribution in [1.29, 1.82) is 0 Å². The van der Waals surface area contributed by atoms with E-state index < -0.39 is 5.91 Å². The van der Waals surface area contributed by atoms with E-state index in [2.05, 4.69) is 10.9 Å². The Hall–Kier alpha value is -3.31. The molecule has 0 saturated heterocycles. The molecule has 0 aliphatic carbocycles. The number of amides is 2. The highest BCUT2D eigenvalue weighted by Crippen LogP contribution is 2.30. The van der Waals surface area contributed by atoms with Crippen LogP contribution in [0.15, 0.2) is 71.3 Å². The number of hydrazine groups is 1. The molecule has 0 radical (unpaired) electrons. The summed E-state index contributed by atoms with van der Waals surface area (Å²) in [6.07, 6.45) is 1.66. The number of nitrogens with one attached hydrogen (secondary N) is 2. The van der Waals surface area contributed by atoms with Crippen LogP contribution in [-0.2, 0) is 11.2 Å². The second kappa shape index (κ2) is 7.13. The Kier molecular flexibility index (Phi) is 4.52. The zero-order chi connectivity index (χ0) is 18.8. The summed E-state index contributed by atoms with van der Waals surface area (Å²) in [5.41, 5.74) is 6.67. The largest absolute Gasteiger partial charge is 0.464 e. The van der Waals surface area contributed by atoms with E-state index in [1.807, 2.05) is 36.4 Å². The standard InChI is InChI=1S/C21H15ClN2O3/c22-16-6-3-5-14(10-16)21(26)24-23-19(25)11-15-12-27-18-9-8-13-4-1-2-7-17(13)20(15)18/h1-10,12H,11H2,(H,23,25)(H,24,26). The van der Waals surface area contributed by atoms with E-state index >= 15 is 0 Å². The Morgan fingerprint density at radius 1 is 0.963 bits per heavy atom. The molecule has 27 heavy (non-hydrogen) atoms. The molecule has 2 N–H and O–H groups in total. The summed E-state index contributed by atoms with van der Waals surface area (Å²) < 4.78 is 5.58. The van der Waals surface area contributed by atoms with Gasteiger partial charge in [-0.05, 0) is 35.0 Å². The molecule has 0 unspecified atom stereocenters. The number of halogens is 1. The van der Waals surface area contributed by atoms with Crippen LogP contribution in [0.3, 0.4) is 0 Å². The van der Waals surface area contributed by atoms with Gasteiger partial charge in [0.1, 0.15) is 5.58 Å². The number of rotatable bonds is 3. The summed E-state index contributed by atoms with van der Waals surface area (Å²) in [7, 11) is 0. The Labute approximate surface area is 159 Å². The molecule has 1 heterocycles. The van der Waals surface area contributed by atoms with E-state index in [1.165, 1.54) is 6.07 Å². The predicted molar refractivity (Wildman–Crippen MR) is 104 cm³/mol. The molecule has 0 bridgehead atoms. The van der Waals surface area contributed by atoms with Crippen LogP contribution in [0.2, 0.25) is 5.02 Å². The highest BCUT2D eigenvalue weighted by Gasteiger charge is 2.14. The van der Waals surface area contributed by atoms with E-state index in [4.69, 9.17) is 16.0 Å². The van der Waals surface area contributed by atoms with Gasteiger partial charge < -0.3 is 4.42 Å². The average molecular weight is 379 g/mol. The van der Waals surface area contributed by atoms with Crippen molar-refractivity contribution in [2.45, 2.75) is 6.42 Å². The highest BCUT2D eigenvalue weighted by molar-refractivity contribution is 6.31. The minimum Gasteiger partial charge on any atom is -0.464 e. The van der Waals surface area contributed by atoms with Gasteiger partial charge in [0.05, 0.1) is 12.7 Å². The molecule has 0 saturated carbocycles. The van der Waals surface area contributed by atoms with Gasteiger partial charge in [0.2, 0.25) is 5.91 Å². The molecular formula is C21H15ClN2O3. The van der Waals surface area contributed by atoms with Crippen LogP contribution in [0.25, 0.3) is 21.7 Å². The van der Waals surface area contributed by atoms with Crippen LogP contribution in [-0.4, -0.2) is 11.8 Å². The van der Waals surface area contributed by atoms with Gasteiger partial charge in [0.15, 0.2) is 0 Å². The van der Waals surface area contributed by atoms with Crippen molar-refractivity contribution in [2.75, 3.05) is 0 Å². The smallest absolute Gasteiger partial charge is 0.269 e. The van der Waals surface area contributed by atoms with E-state index in [9.17, 15) is 9.59 Å². The van der Waals surface area contributed by atoms with Crippen LogP contribution in [0.5, 0.6) is 0 Å². The Morgan fingerprint density at radius 2 is 1.81 bits per heavy atom. The van der Waals surface area contributed by atoms with Crippen molar-refractivity contribution in [1.82, 2.24) is 10.9 Å². The minimum absolute atomic E-state index is 0.0802. The molecule has 3 aromatic carbocycles. The van der Waals surface area contributed by atoms with Gasteiger partial charge in [-0.2, -0.15) is 0 Å². The number of hydrogen-bond donors (Lipinski definition) is 2. The first-order valence-corrected chi connectivity index (χ1v) is 8.72. The van der Waals surface area contributed by atoms with Crippen LogP contribution in [0, 0.1) is 0 Å². The van der Waals surface area contributed by atoms with Crippen molar-refractivity contribution in [2.24, 2.45) is 0 Å². The molecule has 5 nitrogen and oxygen atoms in total. The third kappa shape index (κ3) is 3.50. The van der Waals surface area contributed by atoms with E-state index in [1.54, 1.807) is 24.5 Å². The van der Waals surface area contributed by atoms with Gasteiger partial charge in [-0.1, -0.05) is 48.0 Å². The predicted octanol–water partition coefficient (Wildman–Crippen LogP) is 4.24. The third-order valence-electron chi connectivity index (χ3n) is 4.29. The number of fused-ring (bicyclic) bond motifs is 3. The monoisotopic (exact) mass is 378 g/mol. The Morgan fingerprint density at radius 3 is 2.67 bits per heavy atom.